The van der Waals surface area contributed by atoms with Gasteiger partial charge in [-0.15, -0.1) is 0 Å². The predicted octanol–water partition coefficient (Wildman–Crippen LogP) is 2.62. The van der Waals surface area contributed by atoms with Gasteiger partial charge >= 0.3 is 6.61 Å². The summed E-state index contributed by atoms with van der Waals surface area (Å²) in [4.78, 5) is 11.5. The first-order valence-corrected chi connectivity index (χ1v) is 5.62. The average molecular weight is 279 g/mol. The number of anilines is 1. The van der Waals surface area contributed by atoms with E-state index in [1.165, 1.54) is 18.2 Å². The van der Waals surface area contributed by atoms with Crippen LogP contribution >= 0.6 is 11.6 Å². The fourth-order valence-electron chi connectivity index (χ4n) is 1.19. The lowest BCUT2D eigenvalue weighted by Gasteiger charge is -2.12. The molecule has 0 fully saturated rings. The maximum atomic E-state index is 12.0. The Hall–Kier alpha value is -1.40. The quantitative estimate of drug-likeness (QED) is 0.870. The summed E-state index contributed by atoms with van der Waals surface area (Å²) in [5, 5.41) is 2.51. The van der Waals surface area contributed by atoms with Gasteiger partial charge in [0.1, 0.15) is 5.75 Å². The number of nitrogens with two attached hydrogens (primary N) is 1. The highest BCUT2D eigenvalue weighted by atomic mass is 35.5. The standard InChI is InChI=1S/C11H13ClF2N2O2/c1-2-8(15)10(17)16-6-3-4-9(7(12)5-6)18-11(13)14/h3-5,8,11H,2,15H2,1H3,(H,16,17). The molecule has 0 aromatic heterocycles. The molecule has 1 aromatic carbocycles. The molecular weight excluding hydrogens is 266 g/mol. The van der Waals surface area contributed by atoms with Crippen LogP contribution < -0.4 is 15.8 Å². The van der Waals surface area contributed by atoms with Gasteiger partial charge in [0, 0.05) is 5.69 Å². The van der Waals surface area contributed by atoms with E-state index in [0.717, 1.165) is 0 Å². The number of hydrogen-bond acceptors (Lipinski definition) is 3. The lowest BCUT2D eigenvalue weighted by atomic mass is 10.2. The Morgan fingerprint density at radius 2 is 2.22 bits per heavy atom. The van der Waals surface area contributed by atoms with Crippen LogP contribution in [0.5, 0.6) is 5.75 Å². The minimum atomic E-state index is -2.95. The number of nitrogens with one attached hydrogen (secondary N) is 1. The fraction of sp³-hybridized carbons (Fsp3) is 0.364. The largest absolute Gasteiger partial charge is 0.433 e. The molecule has 1 unspecified atom stereocenters. The van der Waals surface area contributed by atoms with Crippen molar-refractivity contribution < 1.29 is 18.3 Å². The van der Waals surface area contributed by atoms with E-state index < -0.39 is 12.7 Å². The molecule has 3 N–H and O–H groups in total. The SMILES string of the molecule is CCC(N)C(=O)Nc1ccc(OC(F)F)c(Cl)c1. The molecule has 0 aliphatic heterocycles. The number of ether oxygens (including phenoxy) is 1. The number of carbonyl (C=O) groups excluding carboxylic acids is 1. The van der Waals surface area contributed by atoms with E-state index in [1.54, 1.807) is 6.92 Å². The van der Waals surface area contributed by atoms with Crippen LogP contribution in [-0.2, 0) is 4.79 Å². The van der Waals surface area contributed by atoms with Crippen LogP contribution in [0.1, 0.15) is 13.3 Å². The van der Waals surface area contributed by atoms with Gasteiger partial charge in [0.2, 0.25) is 5.91 Å². The second kappa shape index (κ2) is 6.51. The number of hydrogen-bond donors (Lipinski definition) is 2. The lowest BCUT2D eigenvalue weighted by molar-refractivity contribution is -0.117. The van der Waals surface area contributed by atoms with Crippen LogP contribution in [-0.4, -0.2) is 18.6 Å². The van der Waals surface area contributed by atoms with Gasteiger partial charge < -0.3 is 15.8 Å². The Morgan fingerprint density at radius 3 is 2.72 bits per heavy atom. The number of alkyl halides is 2. The minimum absolute atomic E-state index is 0.0156. The molecule has 7 heteroatoms. The molecule has 0 bridgehead atoms. The molecule has 4 nitrogen and oxygen atoms in total. The van der Waals surface area contributed by atoms with Crippen LogP contribution in [0.4, 0.5) is 14.5 Å². The monoisotopic (exact) mass is 278 g/mol. The number of benzene rings is 1. The highest BCUT2D eigenvalue weighted by Gasteiger charge is 2.13. The summed E-state index contributed by atoms with van der Waals surface area (Å²) in [5.74, 6) is -0.513. The van der Waals surface area contributed by atoms with Crippen molar-refractivity contribution in [3.63, 3.8) is 0 Å². The predicted molar refractivity (Wildman–Crippen MR) is 65.0 cm³/mol. The zero-order chi connectivity index (χ0) is 13.7. The first kappa shape index (κ1) is 14.7. The van der Waals surface area contributed by atoms with E-state index in [2.05, 4.69) is 10.1 Å². The summed E-state index contributed by atoms with van der Waals surface area (Å²) < 4.78 is 28.2. The zero-order valence-electron chi connectivity index (χ0n) is 9.62. The van der Waals surface area contributed by atoms with Crippen molar-refractivity contribution >= 4 is 23.2 Å². The Bertz CT molecular complexity index is 430. The highest BCUT2D eigenvalue weighted by Crippen LogP contribution is 2.28. The van der Waals surface area contributed by atoms with Gasteiger partial charge in [-0.3, -0.25) is 4.79 Å². The summed E-state index contributed by atoms with van der Waals surface area (Å²) in [6.07, 6.45) is 0.492. The molecule has 1 amide bonds. The molecule has 1 rings (SSSR count). The van der Waals surface area contributed by atoms with Crippen molar-refractivity contribution in [2.24, 2.45) is 5.73 Å². The summed E-state index contributed by atoms with van der Waals surface area (Å²) in [5.41, 5.74) is 5.90. The lowest BCUT2D eigenvalue weighted by Crippen LogP contribution is -2.34. The van der Waals surface area contributed by atoms with Gasteiger partial charge in [0.25, 0.3) is 0 Å². The van der Waals surface area contributed by atoms with E-state index >= 15 is 0 Å². The second-order valence-electron chi connectivity index (χ2n) is 3.53. The van der Waals surface area contributed by atoms with E-state index in [-0.39, 0.29) is 16.7 Å². The third-order valence-electron chi connectivity index (χ3n) is 2.19. The first-order chi connectivity index (χ1) is 8.43. The molecule has 0 aliphatic rings. The van der Waals surface area contributed by atoms with Gasteiger partial charge in [-0.2, -0.15) is 8.78 Å². The Labute approximate surface area is 108 Å². The Morgan fingerprint density at radius 1 is 1.56 bits per heavy atom. The molecule has 0 radical (unpaired) electrons. The Kier molecular flexibility index (Phi) is 5.30. The van der Waals surface area contributed by atoms with Gasteiger partial charge in [-0.1, -0.05) is 18.5 Å². The average Bonchev–Trinajstić information content (AvgIpc) is 2.31. The zero-order valence-corrected chi connectivity index (χ0v) is 10.4. The topological polar surface area (TPSA) is 64.4 Å². The molecule has 0 aliphatic carbocycles. The molecule has 1 aromatic rings. The maximum Gasteiger partial charge on any atom is 0.387 e. The molecule has 0 heterocycles. The normalized spacial score (nSPS) is 12.3. The van der Waals surface area contributed by atoms with Gasteiger partial charge in [-0.25, -0.2) is 0 Å². The van der Waals surface area contributed by atoms with Crippen LogP contribution in [0.2, 0.25) is 5.02 Å². The fourth-order valence-corrected chi connectivity index (χ4v) is 1.42. The number of amides is 1. The van der Waals surface area contributed by atoms with Crippen LogP contribution in [0.15, 0.2) is 18.2 Å². The first-order valence-electron chi connectivity index (χ1n) is 5.24. The molecule has 1 atom stereocenters. The smallest absolute Gasteiger partial charge is 0.387 e. The van der Waals surface area contributed by atoms with Gasteiger partial charge in [0.15, 0.2) is 0 Å². The third kappa shape index (κ3) is 4.12. The molecule has 0 saturated heterocycles. The molecule has 0 saturated carbocycles. The van der Waals surface area contributed by atoms with Crippen molar-refractivity contribution in [1.29, 1.82) is 0 Å². The van der Waals surface area contributed by atoms with Crippen LogP contribution in [0, 0.1) is 0 Å². The van der Waals surface area contributed by atoms with Crippen molar-refractivity contribution in [3.8, 4) is 5.75 Å². The number of halogens is 3. The molecule has 100 valence electrons. The van der Waals surface area contributed by atoms with E-state index in [4.69, 9.17) is 17.3 Å². The molecule has 18 heavy (non-hydrogen) atoms. The number of rotatable bonds is 5. The van der Waals surface area contributed by atoms with Gasteiger partial charge in [0.05, 0.1) is 11.1 Å². The Balaban J connectivity index is 2.75. The third-order valence-corrected chi connectivity index (χ3v) is 2.49. The maximum absolute atomic E-state index is 12.0. The summed E-state index contributed by atoms with van der Waals surface area (Å²) in [7, 11) is 0. The van der Waals surface area contributed by atoms with Crippen molar-refractivity contribution in [1.82, 2.24) is 0 Å². The molecular formula is C11H13ClF2N2O2. The minimum Gasteiger partial charge on any atom is -0.433 e. The molecule has 0 spiro atoms. The number of carbonyl (C=O) groups is 1. The summed E-state index contributed by atoms with van der Waals surface area (Å²) >= 11 is 5.73. The summed E-state index contributed by atoms with van der Waals surface area (Å²) in [6.45, 7) is -1.17. The van der Waals surface area contributed by atoms with E-state index in [1.807, 2.05) is 0 Å². The highest BCUT2D eigenvalue weighted by molar-refractivity contribution is 6.32. The van der Waals surface area contributed by atoms with Crippen molar-refractivity contribution in [2.75, 3.05) is 5.32 Å². The van der Waals surface area contributed by atoms with Crippen molar-refractivity contribution in [2.45, 2.75) is 26.0 Å². The van der Waals surface area contributed by atoms with Crippen LogP contribution in [0.3, 0.4) is 0 Å². The van der Waals surface area contributed by atoms with E-state index in [0.29, 0.717) is 12.1 Å². The summed E-state index contributed by atoms with van der Waals surface area (Å²) in [6, 6.07) is 3.35. The van der Waals surface area contributed by atoms with Gasteiger partial charge in [-0.05, 0) is 24.6 Å². The van der Waals surface area contributed by atoms with Crippen LogP contribution in [0.25, 0.3) is 0 Å². The van der Waals surface area contributed by atoms with Crippen molar-refractivity contribution in [3.05, 3.63) is 23.2 Å². The van der Waals surface area contributed by atoms with E-state index in [9.17, 15) is 13.6 Å². The second-order valence-corrected chi connectivity index (χ2v) is 3.93.